The first-order chi connectivity index (χ1) is 7.90. The monoisotopic (exact) mass is 240 g/mol. The highest BCUT2D eigenvalue weighted by Gasteiger charge is 2.13. The quantitative estimate of drug-likeness (QED) is 0.863. The highest BCUT2D eigenvalue weighted by atomic mass is 32.1. The number of rotatable bonds is 4. The van der Waals surface area contributed by atoms with Gasteiger partial charge < -0.3 is 14.7 Å². The summed E-state index contributed by atoms with van der Waals surface area (Å²) < 4.78 is 5.30. The molecule has 1 N–H and O–H groups in total. The minimum absolute atomic E-state index is 0.191. The molecule has 0 spiro atoms. The van der Waals surface area contributed by atoms with Crippen molar-refractivity contribution in [2.75, 3.05) is 37.8 Å². The van der Waals surface area contributed by atoms with Gasteiger partial charge >= 0.3 is 0 Å². The van der Waals surface area contributed by atoms with Gasteiger partial charge in [0.15, 0.2) is 5.13 Å². The number of hydrogen-bond acceptors (Lipinski definition) is 5. The van der Waals surface area contributed by atoms with Gasteiger partial charge in [0.2, 0.25) is 0 Å². The van der Waals surface area contributed by atoms with Crippen LogP contribution in [0.2, 0.25) is 0 Å². The van der Waals surface area contributed by atoms with Crippen LogP contribution in [0.4, 0.5) is 5.13 Å². The van der Waals surface area contributed by atoms with Crippen molar-refractivity contribution in [2.45, 2.75) is 6.42 Å². The van der Waals surface area contributed by atoms with Gasteiger partial charge in [-0.25, -0.2) is 4.98 Å². The van der Waals surface area contributed by atoms with Crippen molar-refractivity contribution >= 4 is 22.5 Å². The molecule has 2 rings (SSSR count). The molecular weight excluding hydrogens is 224 g/mol. The van der Waals surface area contributed by atoms with Crippen LogP contribution in [0.3, 0.4) is 0 Å². The molecule has 0 unspecified atom stereocenters. The molecule has 1 aromatic heterocycles. The molecule has 4 nitrogen and oxygen atoms in total. The molecule has 0 atom stereocenters. The lowest BCUT2D eigenvalue weighted by atomic mass is 10.3. The van der Waals surface area contributed by atoms with Crippen molar-refractivity contribution in [3.8, 4) is 0 Å². The molecule has 1 aliphatic heterocycles. The van der Waals surface area contributed by atoms with E-state index in [1.54, 1.807) is 11.3 Å². The highest BCUT2D eigenvalue weighted by Crippen LogP contribution is 2.22. The number of ether oxygens (including phenoxy) is 1. The Morgan fingerprint density at radius 1 is 1.50 bits per heavy atom. The molecule has 0 aliphatic carbocycles. The van der Waals surface area contributed by atoms with E-state index in [0.717, 1.165) is 37.1 Å². The normalized spacial score (nSPS) is 17.2. The van der Waals surface area contributed by atoms with Crippen LogP contribution in [0, 0.1) is 0 Å². The first-order valence-electron chi connectivity index (χ1n) is 5.46. The van der Waals surface area contributed by atoms with E-state index in [1.165, 1.54) is 0 Å². The van der Waals surface area contributed by atoms with Gasteiger partial charge in [0, 0.05) is 25.1 Å². The fourth-order valence-electron chi connectivity index (χ4n) is 1.53. The van der Waals surface area contributed by atoms with Crippen LogP contribution in [0.5, 0.6) is 0 Å². The Labute approximate surface area is 99.2 Å². The zero-order chi connectivity index (χ0) is 11.2. The summed E-state index contributed by atoms with van der Waals surface area (Å²) in [5.41, 5.74) is 0.972. The summed E-state index contributed by atoms with van der Waals surface area (Å²) >= 11 is 1.66. The molecule has 1 aromatic rings. The fraction of sp³-hybridized carbons (Fsp3) is 0.545. The minimum atomic E-state index is 0.191. The predicted molar refractivity (Wildman–Crippen MR) is 65.9 cm³/mol. The topological polar surface area (TPSA) is 45.6 Å². The highest BCUT2D eigenvalue weighted by molar-refractivity contribution is 7.13. The summed E-state index contributed by atoms with van der Waals surface area (Å²) in [6, 6.07) is 0. The van der Waals surface area contributed by atoms with Crippen LogP contribution in [-0.2, 0) is 4.74 Å². The summed E-state index contributed by atoms with van der Waals surface area (Å²) in [4.78, 5) is 6.77. The van der Waals surface area contributed by atoms with E-state index in [-0.39, 0.29) is 6.61 Å². The van der Waals surface area contributed by atoms with Crippen molar-refractivity contribution in [2.24, 2.45) is 0 Å². The molecule has 88 valence electrons. The summed E-state index contributed by atoms with van der Waals surface area (Å²) in [6.45, 7) is 3.61. The molecule has 1 fully saturated rings. The molecule has 2 heterocycles. The smallest absolute Gasteiger partial charge is 0.185 e. The van der Waals surface area contributed by atoms with Crippen LogP contribution < -0.4 is 4.90 Å². The van der Waals surface area contributed by atoms with Crippen LogP contribution in [0.25, 0.3) is 6.08 Å². The van der Waals surface area contributed by atoms with E-state index in [1.807, 2.05) is 17.5 Å². The fourth-order valence-corrected chi connectivity index (χ4v) is 2.38. The number of thiazole rings is 1. The minimum Gasteiger partial charge on any atom is -0.396 e. The Balaban J connectivity index is 1.95. The van der Waals surface area contributed by atoms with E-state index >= 15 is 0 Å². The van der Waals surface area contributed by atoms with Crippen molar-refractivity contribution < 1.29 is 9.84 Å². The van der Waals surface area contributed by atoms with Gasteiger partial charge in [-0.2, -0.15) is 0 Å². The summed E-state index contributed by atoms with van der Waals surface area (Å²) in [5.74, 6) is 0. The lowest BCUT2D eigenvalue weighted by Gasteiger charge is -2.25. The van der Waals surface area contributed by atoms with Crippen molar-refractivity contribution in [1.82, 2.24) is 4.98 Å². The van der Waals surface area contributed by atoms with E-state index in [0.29, 0.717) is 6.42 Å². The van der Waals surface area contributed by atoms with Gasteiger partial charge in [-0.3, -0.25) is 0 Å². The van der Waals surface area contributed by atoms with Gasteiger partial charge in [-0.15, -0.1) is 11.3 Å². The molecule has 0 radical (unpaired) electrons. The maximum absolute atomic E-state index is 8.66. The molecule has 5 heteroatoms. The standard InChI is InChI=1S/C11H16N2O2S/c14-6-2-1-3-10-9-16-11(12-10)13-4-7-15-8-5-13/h1,3,9,14H,2,4-8H2. The van der Waals surface area contributed by atoms with E-state index in [2.05, 4.69) is 9.88 Å². The average molecular weight is 240 g/mol. The number of nitrogens with zero attached hydrogens (tertiary/aromatic N) is 2. The van der Waals surface area contributed by atoms with Crippen molar-refractivity contribution in [3.05, 3.63) is 17.2 Å². The molecule has 16 heavy (non-hydrogen) atoms. The number of anilines is 1. The van der Waals surface area contributed by atoms with Gasteiger partial charge in [-0.1, -0.05) is 6.08 Å². The maximum atomic E-state index is 8.66. The largest absolute Gasteiger partial charge is 0.396 e. The number of aliphatic hydroxyl groups excluding tert-OH is 1. The maximum Gasteiger partial charge on any atom is 0.185 e. The lowest BCUT2D eigenvalue weighted by molar-refractivity contribution is 0.122. The Hall–Kier alpha value is -0.910. The first kappa shape index (κ1) is 11.6. The lowest BCUT2D eigenvalue weighted by Crippen LogP contribution is -2.36. The SMILES string of the molecule is OCCC=Cc1csc(N2CCOCC2)n1. The molecular formula is C11H16N2O2S. The van der Waals surface area contributed by atoms with E-state index in [4.69, 9.17) is 9.84 Å². The summed E-state index contributed by atoms with van der Waals surface area (Å²) in [7, 11) is 0. The second-order valence-electron chi connectivity index (χ2n) is 3.57. The Morgan fingerprint density at radius 2 is 2.31 bits per heavy atom. The number of morpholine rings is 1. The number of aliphatic hydroxyl groups is 1. The third-order valence-corrected chi connectivity index (χ3v) is 3.30. The predicted octanol–water partition coefficient (Wildman–Crippen LogP) is 1.38. The summed E-state index contributed by atoms with van der Waals surface area (Å²) in [5, 5.41) is 11.8. The molecule has 1 saturated heterocycles. The summed E-state index contributed by atoms with van der Waals surface area (Å²) in [6.07, 6.45) is 4.58. The number of aromatic nitrogens is 1. The van der Waals surface area contributed by atoms with Crippen molar-refractivity contribution in [3.63, 3.8) is 0 Å². The van der Waals surface area contributed by atoms with Crippen LogP contribution in [-0.4, -0.2) is 43.0 Å². The Kier molecular flexibility index (Phi) is 4.33. The molecule has 0 aromatic carbocycles. The Morgan fingerprint density at radius 3 is 3.06 bits per heavy atom. The van der Waals surface area contributed by atoms with Gasteiger partial charge in [0.05, 0.1) is 18.9 Å². The second-order valence-corrected chi connectivity index (χ2v) is 4.41. The molecule has 1 aliphatic rings. The van der Waals surface area contributed by atoms with Crippen LogP contribution in [0.1, 0.15) is 12.1 Å². The van der Waals surface area contributed by atoms with E-state index < -0.39 is 0 Å². The zero-order valence-corrected chi connectivity index (χ0v) is 9.95. The van der Waals surface area contributed by atoms with E-state index in [9.17, 15) is 0 Å². The third-order valence-electron chi connectivity index (χ3n) is 2.38. The average Bonchev–Trinajstić information content (AvgIpc) is 2.79. The van der Waals surface area contributed by atoms with Gasteiger partial charge in [-0.05, 0) is 12.5 Å². The first-order valence-corrected chi connectivity index (χ1v) is 6.34. The second kappa shape index (κ2) is 5.98. The van der Waals surface area contributed by atoms with Crippen LogP contribution in [0.15, 0.2) is 11.5 Å². The molecule has 0 amide bonds. The molecule has 0 bridgehead atoms. The third kappa shape index (κ3) is 3.04. The molecule has 0 saturated carbocycles. The Bertz CT molecular complexity index is 346. The van der Waals surface area contributed by atoms with Gasteiger partial charge in [0.25, 0.3) is 0 Å². The van der Waals surface area contributed by atoms with Crippen LogP contribution >= 0.6 is 11.3 Å². The zero-order valence-electron chi connectivity index (χ0n) is 9.13. The van der Waals surface area contributed by atoms with Gasteiger partial charge in [0.1, 0.15) is 0 Å². The number of hydrogen-bond donors (Lipinski definition) is 1. The van der Waals surface area contributed by atoms with Crippen molar-refractivity contribution in [1.29, 1.82) is 0 Å².